The Morgan fingerprint density at radius 1 is 1.40 bits per heavy atom. The van der Waals surface area contributed by atoms with E-state index in [1.807, 2.05) is 0 Å². The fourth-order valence-corrected chi connectivity index (χ4v) is 2.56. The molecule has 1 fully saturated rings. The van der Waals surface area contributed by atoms with Gasteiger partial charge in [0.15, 0.2) is 5.82 Å². The minimum absolute atomic E-state index is 0.00655. The summed E-state index contributed by atoms with van der Waals surface area (Å²) in [7, 11) is 1.75. The topological polar surface area (TPSA) is 102 Å². The monoisotopic (exact) mass is 344 g/mol. The molecule has 0 saturated carbocycles. The van der Waals surface area contributed by atoms with Crippen molar-refractivity contribution in [2.24, 2.45) is 7.05 Å². The lowest BCUT2D eigenvalue weighted by molar-refractivity contribution is -0.136. The zero-order valence-corrected chi connectivity index (χ0v) is 14.2. The summed E-state index contributed by atoms with van der Waals surface area (Å²) in [5, 5.41) is 6.83. The number of nitrogens with zero attached hydrogens (tertiary/aromatic N) is 5. The first kappa shape index (κ1) is 17.0. The van der Waals surface area contributed by atoms with E-state index >= 15 is 0 Å². The molecule has 0 aliphatic carbocycles. The molecule has 3 heterocycles. The van der Waals surface area contributed by atoms with Gasteiger partial charge in [-0.15, -0.1) is 0 Å². The van der Waals surface area contributed by atoms with Crippen molar-refractivity contribution in [2.45, 2.75) is 19.6 Å². The fourth-order valence-electron chi connectivity index (χ4n) is 2.56. The summed E-state index contributed by atoms with van der Waals surface area (Å²) < 4.78 is 7.25. The second kappa shape index (κ2) is 7.39. The number of aromatic nitrogens is 4. The first-order valence-electron chi connectivity index (χ1n) is 7.99. The van der Waals surface area contributed by atoms with Crippen LogP contribution in [0.1, 0.15) is 35.0 Å². The third-order valence-corrected chi connectivity index (χ3v) is 3.91. The van der Waals surface area contributed by atoms with Crippen molar-refractivity contribution in [1.29, 1.82) is 0 Å². The van der Waals surface area contributed by atoms with Gasteiger partial charge < -0.3 is 15.0 Å². The maximum atomic E-state index is 12.0. The smallest absolute Gasteiger partial charge is 0.272 e. The summed E-state index contributed by atoms with van der Waals surface area (Å²) in [6.45, 7) is 3.25. The van der Waals surface area contributed by atoms with E-state index < -0.39 is 0 Å². The summed E-state index contributed by atoms with van der Waals surface area (Å²) in [5.41, 5.74) is 1.02. The van der Waals surface area contributed by atoms with Crippen LogP contribution in [-0.4, -0.2) is 56.2 Å². The van der Waals surface area contributed by atoms with Gasteiger partial charge >= 0.3 is 0 Å². The van der Waals surface area contributed by atoms with E-state index in [1.54, 1.807) is 41.2 Å². The minimum Gasteiger partial charge on any atom is -0.367 e. The molecule has 9 nitrogen and oxygen atoms in total. The minimum atomic E-state index is -0.357. The molecule has 3 rings (SSSR count). The molecule has 1 aliphatic rings. The van der Waals surface area contributed by atoms with Gasteiger partial charge in [-0.2, -0.15) is 5.10 Å². The molecule has 1 N–H and O–H groups in total. The van der Waals surface area contributed by atoms with Crippen molar-refractivity contribution >= 4 is 11.8 Å². The molecule has 2 aromatic heterocycles. The highest BCUT2D eigenvalue weighted by molar-refractivity contribution is 5.92. The van der Waals surface area contributed by atoms with Crippen molar-refractivity contribution in [2.75, 3.05) is 19.7 Å². The predicted molar refractivity (Wildman–Crippen MR) is 87.4 cm³/mol. The first-order chi connectivity index (χ1) is 12.0. The van der Waals surface area contributed by atoms with Crippen molar-refractivity contribution in [1.82, 2.24) is 30.0 Å². The Morgan fingerprint density at radius 3 is 2.96 bits per heavy atom. The molecule has 1 saturated heterocycles. The molecule has 1 atom stereocenters. The van der Waals surface area contributed by atoms with Crippen LogP contribution < -0.4 is 5.32 Å². The van der Waals surface area contributed by atoms with Gasteiger partial charge in [0.2, 0.25) is 5.91 Å². The van der Waals surface area contributed by atoms with Crippen molar-refractivity contribution in [3.63, 3.8) is 0 Å². The second-order valence-corrected chi connectivity index (χ2v) is 5.79. The molecular formula is C16H20N6O3. The predicted octanol–water partition coefficient (Wildman–Crippen LogP) is 0.0599. The highest BCUT2D eigenvalue weighted by atomic mass is 16.5. The molecule has 25 heavy (non-hydrogen) atoms. The lowest BCUT2D eigenvalue weighted by atomic mass is 10.2. The summed E-state index contributed by atoms with van der Waals surface area (Å²) >= 11 is 0. The average Bonchev–Trinajstić information content (AvgIpc) is 3.06. The van der Waals surface area contributed by atoms with Crippen LogP contribution in [0.3, 0.4) is 0 Å². The zero-order chi connectivity index (χ0) is 17.8. The normalized spacial score (nSPS) is 17.4. The maximum Gasteiger partial charge on any atom is 0.272 e. The van der Waals surface area contributed by atoms with Crippen LogP contribution in [0.15, 0.2) is 24.5 Å². The SMILES string of the molecule is CC(=O)N1CCOC(c2nccc(CNC(=O)c3ccn(C)n3)n2)C1. The second-order valence-electron chi connectivity index (χ2n) is 5.79. The van der Waals surface area contributed by atoms with Crippen LogP contribution in [0, 0.1) is 0 Å². The van der Waals surface area contributed by atoms with Crippen LogP contribution in [0.4, 0.5) is 0 Å². The number of carbonyl (C=O) groups excluding carboxylic acids is 2. The highest BCUT2D eigenvalue weighted by Gasteiger charge is 2.25. The standard InChI is InChI=1S/C16H20N6O3/c1-11(23)22-7-8-25-14(10-22)15-17-5-3-12(19-15)9-18-16(24)13-4-6-21(2)20-13/h3-6,14H,7-10H2,1-2H3,(H,18,24). The molecule has 1 aliphatic heterocycles. The molecule has 132 valence electrons. The van der Waals surface area contributed by atoms with E-state index in [0.717, 1.165) is 0 Å². The van der Waals surface area contributed by atoms with E-state index in [1.165, 1.54) is 6.92 Å². The molecule has 0 spiro atoms. The average molecular weight is 344 g/mol. The summed E-state index contributed by atoms with van der Waals surface area (Å²) in [6, 6.07) is 3.38. The molecule has 0 radical (unpaired) electrons. The first-order valence-corrected chi connectivity index (χ1v) is 7.99. The van der Waals surface area contributed by atoms with E-state index in [0.29, 0.717) is 36.9 Å². The molecular weight excluding hydrogens is 324 g/mol. The molecule has 0 aromatic carbocycles. The van der Waals surface area contributed by atoms with Gasteiger partial charge in [0.1, 0.15) is 11.8 Å². The number of nitrogens with one attached hydrogen (secondary N) is 1. The number of aryl methyl sites for hydroxylation is 1. The Kier molecular flexibility index (Phi) is 5.03. The molecule has 1 unspecified atom stereocenters. The number of carbonyl (C=O) groups is 2. The molecule has 0 bridgehead atoms. The molecule has 9 heteroatoms. The van der Waals surface area contributed by atoms with E-state index in [4.69, 9.17) is 4.74 Å². The lowest BCUT2D eigenvalue weighted by Gasteiger charge is -2.31. The number of hydrogen-bond acceptors (Lipinski definition) is 6. The number of morpholine rings is 1. The Bertz CT molecular complexity index is 775. The Labute approximate surface area is 145 Å². The van der Waals surface area contributed by atoms with Crippen molar-refractivity contribution < 1.29 is 14.3 Å². The largest absolute Gasteiger partial charge is 0.367 e. The van der Waals surface area contributed by atoms with Crippen LogP contribution in [0.25, 0.3) is 0 Å². The van der Waals surface area contributed by atoms with Gasteiger partial charge in [0.05, 0.1) is 25.4 Å². The highest BCUT2D eigenvalue weighted by Crippen LogP contribution is 2.19. The summed E-state index contributed by atoms with van der Waals surface area (Å²) in [4.78, 5) is 34.0. The fraction of sp³-hybridized carbons (Fsp3) is 0.438. The zero-order valence-electron chi connectivity index (χ0n) is 14.2. The quantitative estimate of drug-likeness (QED) is 0.841. The van der Waals surface area contributed by atoms with Crippen molar-refractivity contribution in [3.8, 4) is 0 Å². The van der Waals surface area contributed by atoms with Crippen LogP contribution >= 0.6 is 0 Å². The summed E-state index contributed by atoms with van der Waals surface area (Å²) in [6.07, 6.45) is 2.98. The van der Waals surface area contributed by atoms with Gasteiger partial charge in [-0.25, -0.2) is 9.97 Å². The Balaban J connectivity index is 1.63. The van der Waals surface area contributed by atoms with E-state index in [2.05, 4.69) is 20.4 Å². The van der Waals surface area contributed by atoms with Crippen molar-refractivity contribution in [3.05, 3.63) is 41.7 Å². The molecule has 2 amide bonds. The number of rotatable bonds is 4. The third kappa shape index (κ3) is 4.18. The van der Waals surface area contributed by atoms with Crippen LogP contribution in [-0.2, 0) is 23.1 Å². The van der Waals surface area contributed by atoms with Gasteiger partial charge in [0, 0.05) is 32.9 Å². The van der Waals surface area contributed by atoms with Crippen LogP contribution in [0.2, 0.25) is 0 Å². The van der Waals surface area contributed by atoms with Gasteiger partial charge in [0.25, 0.3) is 5.91 Å². The third-order valence-electron chi connectivity index (χ3n) is 3.91. The maximum absolute atomic E-state index is 12.0. The van der Waals surface area contributed by atoms with Gasteiger partial charge in [-0.1, -0.05) is 0 Å². The lowest BCUT2D eigenvalue weighted by Crippen LogP contribution is -2.41. The van der Waals surface area contributed by atoms with Gasteiger partial charge in [-0.3, -0.25) is 14.3 Å². The Hall–Kier alpha value is -2.81. The molecule has 2 aromatic rings. The number of hydrogen-bond donors (Lipinski definition) is 1. The van der Waals surface area contributed by atoms with E-state index in [-0.39, 0.29) is 24.5 Å². The van der Waals surface area contributed by atoms with Crippen LogP contribution in [0.5, 0.6) is 0 Å². The number of ether oxygens (including phenoxy) is 1. The Morgan fingerprint density at radius 2 is 2.24 bits per heavy atom. The summed E-state index contributed by atoms with van der Waals surface area (Å²) in [5.74, 6) is 0.250. The van der Waals surface area contributed by atoms with E-state index in [9.17, 15) is 9.59 Å². The van der Waals surface area contributed by atoms with Gasteiger partial charge in [-0.05, 0) is 12.1 Å². The number of amides is 2.